The van der Waals surface area contributed by atoms with Crippen molar-refractivity contribution in [3.05, 3.63) is 10.8 Å². The maximum atomic E-state index is 8.78. The van der Waals surface area contributed by atoms with Crippen LogP contribution in [-0.2, 0) is 0 Å². The first-order valence-corrected chi connectivity index (χ1v) is 5.80. The number of nitrogens with zero attached hydrogens (tertiary/aromatic N) is 2. The van der Waals surface area contributed by atoms with E-state index in [1.807, 2.05) is 0 Å². The molecule has 0 fully saturated rings. The molecule has 1 aromatic heterocycles. The van der Waals surface area contributed by atoms with Crippen molar-refractivity contribution in [2.45, 2.75) is 13.3 Å². The number of hydrogen-bond donors (Lipinski definition) is 4. The highest BCUT2D eigenvalue weighted by Crippen LogP contribution is 2.25. The van der Waals surface area contributed by atoms with E-state index in [1.165, 1.54) is 6.33 Å². The monoisotopic (exact) mass is 289 g/mol. The molecule has 90 valence electrons. The zero-order chi connectivity index (χ0) is 12.0. The number of aromatic nitrogens is 2. The van der Waals surface area contributed by atoms with Crippen LogP contribution in [0.3, 0.4) is 0 Å². The molecule has 0 saturated heterocycles. The zero-order valence-electron chi connectivity index (χ0n) is 9.07. The van der Waals surface area contributed by atoms with Gasteiger partial charge in [0.05, 0.1) is 0 Å². The predicted molar refractivity (Wildman–Crippen MR) is 66.9 cm³/mol. The standard InChI is InChI=1S/C9H16BrN5O/c1-6(2-3-16)4-12-8-7(10)9(15-11)14-5-13-8/h5-6,16H,2-4,11H2,1H3,(H2,12,13,14,15). The van der Waals surface area contributed by atoms with Gasteiger partial charge < -0.3 is 15.8 Å². The van der Waals surface area contributed by atoms with Crippen molar-refractivity contribution in [2.24, 2.45) is 11.8 Å². The van der Waals surface area contributed by atoms with E-state index >= 15 is 0 Å². The number of halogens is 1. The Bertz CT molecular complexity index is 336. The normalized spacial score (nSPS) is 12.2. The highest BCUT2D eigenvalue weighted by molar-refractivity contribution is 9.10. The van der Waals surface area contributed by atoms with Crippen LogP contribution in [0.15, 0.2) is 10.8 Å². The van der Waals surface area contributed by atoms with E-state index in [0.29, 0.717) is 22.0 Å². The van der Waals surface area contributed by atoms with Crippen molar-refractivity contribution < 1.29 is 5.11 Å². The van der Waals surface area contributed by atoms with E-state index in [0.717, 1.165) is 13.0 Å². The third kappa shape index (κ3) is 3.58. The summed E-state index contributed by atoms with van der Waals surface area (Å²) in [5.41, 5.74) is 2.47. The van der Waals surface area contributed by atoms with Crippen molar-refractivity contribution in [1.29, 1.82) is 0 Å². The van der Waals surface area contributed by atoms with Crippen LogP contribution in [0, 0.1) is 5.92 Å². The smallest absolute Gasteiger partial charge is 0.159 e. The molecular weight excluding hydrogens is 274 g/mol. The molecule has 1 heterocycles. The van der Waals surface area contributed by atoms with Crippen LogP contribution in [0.5, 0.6) is 0 Å². The summed E-state index contributed by atoms with van der Waals surface area (Å²) in [5, 5.41) is 11.9. The van der Waals surface area contributed by atoms with Crippen molar-refractivity contribution in [1.82, 2.24) is 9.97 Å². The van der Waals surface area contributed by atoms with Crippen molar-refractivity contribution >= 4 is 27.6 Å². The molecule has 0 amide bonds. The number of hydrazine groups is 1. The Morgan fingerprint density at radius 3 is 2.81 bits per heavy atom. The van der Waals surface area contributed by atoms with Crippen molar-refractivity contribution in [3.8, 4) is 0 Å². The van der Waals surface area contributed by atoms with Gasteiger partial charge in [-0.15, -0.1) is 0 Å². The summed E-state index contributed by atoms with van der Waals surface area (Å²) in [6.07, 6.45) is 2.19. The van der Waals surface area contributed by atoms with Crippen LogP contribution in [0.25, 0.3) is 0 Å². The summed E-state index contributed by atoms with van der Waals surface area (Å²) in [5.74, 6) is 6.89. The summed E-state index contributed by atoms with van der Waals surface area (Å²) in [6, 6.07) is 0. The van der Waals surface area contributed by atoms with Gasteiger partial charge in [0, 0.05) is 13.2 Å². The van der Waals surface area contributed by atoms with Gasteiger partial charge >= 0.3 is 0 Å². The largest absolute Gasteiger partial charge is 0.396 e. The van der Waals surface area contributed by atoms with E-state index in [1.54, 1.807) is 0 Å². The van der Waals surface area contributed by atoms with E-state index < -0.39 is 0 Å². The molecule has 6 nitrogen and oxygen atoms in total. The van der Waals surface area contributed by atoms with Gasteiger partial charge in [0.25, 0.3) is 0 Å². The number of hydrogen-bond acceptors (Lipinski definition) is 6. The van der Waals surface area contributed by atoms with E-state index in [2.05, 4.69) is 43.6 Å². The molecule has 1 unspecified atom stereocenters. The fourth-order valence-electron chi connectivity index (χ4n) is 1.19. The number of aliphatic hydroxyl groups is 1. The quantitative estimate of drug-likeness (QED) is 0.460. The Balaban J connectivity index is 2.60. The lowest BCUT2D eigenvalue weighted by molar-refractivity contribution is 0.266. The fourth-order valence-corrected chi connectivity index (χ4v) is 1.65. The highest BCUT2D eigenvalue weighted by atomic mass is 79.9. The Morgan fingerprint density at radius 1 is 1.50 bits per heavy atom. The number of rotatable bonds is 6. The molecule has 7 heteroatoms. The average molecular weight is 290 g/mol. The van der Waals surface area contributed by atoms with Crippen LogP contribution in [0.2, 0.25) is 0 Å². The lowest BCUT2D eigenvalue weighted by Gasteiger charge is -2.13. The van der Waals surface area contributed by atoms with E-state index in [4.69, 9.17) is 10.9 Å². The molecule has 0 aromatic carbocycles. The summed E-state index contributed by atoms with van der Waals surface area (Å²) in [6.45, 7) is 2.99. The molecule has 0 saturated carbocycles. The second-order valence-corrected chi connectivity index (χ2v) is 4.32. The maximum Gasteiger partial charge on any atom is 0.159 e. The fraction of sp³-hybridized carbons (Fsp3) is 0.556. The number of aliphatic hydroxyl groups excluding tert-OH is 1. The first-order valence-electron chi connectivity index (χ1n) is 5.00. The molecule has 0 radical (unpaired) electrons. The molecule has 1 atom stereocenters. The lowest BCUT2D eigenvalue weighted by atomic mass is 10.1. The molecule has 1 aromatic rings. The van der Waals surface area contributed by atoms with Gasteiger partial charge in [-0.3, -0.25) is 0 Å². The Labute approximate surface area is 103 Å². The minimum atomic E-state index is 0.198. The highest BCUT2D eigenvalue weighted by Gasteiger charge is 2.08. The van der Waals surface area contributed by atoms with Gasteiger partial charge in [-0.25, -0.2) is 15.8 Å². The van der Waals surface area contributed by atoms with Crippen molar-refractivity contribution in [2.75, 3.05) is 23.9 Å². The minimum Gasteiger partial charge on any atom is -0.396 e. The topological polar surface area (TPSA) is 96.1 Å². The van der Waals surface area contributed by atoms with Crippen LogP contribution in [0.1, 0.15) is 13.3 Å². The first kappa shape index (κ1) is 13.1. The van der Waals surface area contributed by atoms with Crippen molar-refractivity contribution in [3.63, 3.8) is 0 Å². The Hall–Kier alpha value is -0.920. The number of nitrogens with one attached hydrogen (secondary N) is 2. The Morgan fingerprint density at radius 2 is 2.19 bits per heavy atom. The number of anilines is 2. The molecule has 0 bridgehead atoms. The molecular formula is C9H16BrN5O. The first-order chi connectivity index (χ1) is 7.69. The van der Waals surface area contributed by atoms with Gasteiger partial charge in [0.15, 0.2) is 5.82 Å². The molecule has 0 spiro atoms. The second-order valence-electron chi connectivity index (χ2n) is 3.53. The summed E-state index contributed by atoms with van der Waals surface area (Å²) >= 11 is 3.35. The third-order valence-corrected chi connectivity index (χ3v) is 2.92. The summed E-state index contributed by atoms with van der Waals surface area (Å²) < 4.78 is 0.702. The molecule has 0 aliphatic rings. The molecule has 1 rings (SSSR count). The van der Waals surface area contributed by atoms with Crippen LogP contribution >= 0.6 is 15.9 Å². The van der Waals surface area contributed by atoms with E-state index in [9.17, 15) is 0 Å². The molecule has 0 aliphatic heterocycles. The van der Waals surface area contributed by atoms with Crippen LogP contribution < -0.4 is 16.6 Å². The Kier molecular flexibility index (Phi) is 5.44. The predicted octanol–water partition coefficient (Wildman–Crippen LogP) is 0.955. The SMILES string of the molecule is CC(CCO)CNc1ncnc(NN)c1Br. The minimum absolute atomic E-state index is 0.198. The van der Waals surface area contributed by atoms with Gasteiger partial charge in [0.2, 0.25) is 0 Å². The number of nitrogens with two attached hydrogens (primary N) is 1. The van der Waals surface area contributed by atoms with Gasteiger partial charge in [-0.05, 0) is 28.3 Å². The summed E-state index contributed by atoms with van der Waals surface area (Å²) in [7, 11) is 0. The molecule has 0 aliphatic carbocycles. The van der Waals surface area contributed by atoms with Crippen LogP contribution in [0.4, 0.5) is 11.6 Å². The lowest BCUT2D eigenvalue weighted by Crippen LogP contribution is -2.15. The van der Waals surface area contributed by atoms with E-state index in [-0.39, 0.29) is 6.61 Å². The number of nitrogen functional groups attached to an aromatic ring is 1. The van der Waals surface area contributed by atoms with Gasteiger partial charge in [-0.1, -0.05) is 6.92 Å². The van der Waals surface area contributed by atoms with Gasteiger partial charge in [-0.2, -0.15) is 0 Å². The molecule has 5 N–H and O–H groups in total. The zero-order valence-corrected chi connectivity index (χ0v) is 10.7. The third-order valence-electron chi connectivity index (χ3n) is 2.17. The second kappa shape index (κ2) is 6.62. The summed E-state index contributed by atoms with van der Waals surface area (Å²) in [4.78, 5) is 8.04. The van der Waals surface area contributed by atoms with Gasteiger partial charge in [0.1, 0.15) is 16.6 Å². The van der Waals surface area contributed by atoms with Crippen LogP contribution in [-0.4, -0.2) is 28.2 Å². The maximum absolute atomic E-state index is 8.78. The molecule has 16 heavy (non-hydrogen) atoms. The average Bonchev–Trinajstić information content (AvgIpc) is 2.28.